The Labute approximate surface area is 122 Å². The molecule has 1 aromatic heterocycles. The van der Waals surface area contributed by atoms with E-state index in [9.17, 15) is 4.79 Å². The minimum Gasteiger partial charge on any atom is -0.444 e. The molecule has 1 amide bonds. The number of hydrogen-bond acceptors (Lipinski definition) is 3. The summed E-state index contributed by atoms with van der Waals surface area (Å²) in [6.07, 6.45) is 0.524. The van der Waals surface area contributed by atoms with Crippen molar-refractivity contribution in [3.05, 3.63) is 15.9 Å². The summed E-state index contributed by atoms with van der Waals surface area (Å²) in [5, 5.41) is 4.43. The number of ether oxygens (including phenoxy) is 1. The van der Waals surface area contributed by atoms with Crippen molar-refractivity contribution >= 4 is 22.0 Å². The van der Waals surface area contributed by atoms with Gasteiger partial charge in [-0.15, -0.1) is 0 Å². The Hall–Kier alpha value is -1.04. The summed E-state index contributed by atoms with van der Waals surface area (Å²) in [6, 6.07) is 0.114. The molecular weight excluding hydrogens is 310 g/mol. The van der Waals surface area contributed by atoms with Gasteiger partial charge in [0.1, 0.15) is 10.2 Å². The molecule has 0 fully saturated rings. The van der Waals surface area contributed by atoms with Gasteiger partial charge >= 0.3 is 6.09 Å². The van der Waals surface area contributed by atoms with Crippen molar-refractivity contribution in [1.82, 2.24) is 14.7 Å². The van der Waals surface area contributed by atoms with E-state index in [1.807, 2.05) is 34.7 Å². The minimum absolute atomic E-state index is 0.114. The second kappa shape index (κ2) is 4.81. The van der Waals surface area contributed by atoms with Crippen LogP contribution in [-0.2, 0) is 24.8 Å². The van der Waals surface area contributed by atoms with Crippen LogP contribution >= 0.6 is 15.9 Å². The molecule has 0 spiro atoms. The van der Waals surface area contributed by atoms with Crippen LogP contribution in [0, 0.1) is 0 Å². The maximum absolute atomic E-state index is 12.2. The molecule has 2 heterocycles. The van der Waals surface area contributed by atoms with Gasteiger partial charge in [0, 0.05) is 18.7 Å². The van der Waals surface area contributed by atoms with E-state index >= 15 is 0 Å². The van der Waals surface area contributed by atoms with Crippen molar-refractivity contribution in [1.29, 1.82) is 0 Å². The predicted octanol–water partition coefficient (Wildman–Crippen LogP) is 2.86. The molecule has 0 aromatic carbocycles. The van der Waals surface area contributed by atoms with Crippen LogP contribution in [0.25, 0.3) is 0 Å². The number of carbonyl (C=O) groups excluding carboxylic acids is 1. The minimum atomic E-state index is -0.470. The molecule has 106 valence electrons. The van der Waals surface area contributed by atoms with Crippen LogP contribution in [0.4, 0.5) is 4.79 Å². The Balaban J connectivity index is 2.20. The quantitative estimate of drug-likeness (QED) is 0.735. The lowest BCUT2D eigenvalue weighted by Crippen LogP contribution is -2.45. The molecule has 2 rings (SSSR count). The number of amides is 1. The largest absolute Gasteiger partial charge is 0.444 e. The van der Waals surface area contributed by atoms with Crippen LogP contribution in [-0.4, -0.2) is 32.4 Å². The van der Waals surface area contributed by atoms with E-state index in [0.717, 1.165) is 16.7 Å². The van der Waals surface area contributed by atoms with Crippen LogP contribution in [0.1, 0.15) is 39.0 Å². The van der Waals surface area contributed by atoms with E-state index in [4.69, 9.17) is 4.74 Å². The molecule has 0 saturated carbocycles. The highest BCUT2D eigenvalue weighted by Crippen LogP contribution is 2.29. The Kier molecular flexibility index (Phi) is 3.64. The maximum atomic E-state index is 12.2. The van der Waals surface area contributed by atoms with Crippen molar-refractivity contribution in [2.75, 3.05) is 0 Å². The Morgan fingerprint density at radius 1 is 1.47 bits per heavy atom. The van der Waals surface area contributed by atoms with Gasteiger partial charge in [0.25, 0.3) is 0 Å². The van der Waals surface area contributed by atoms with Gasteiger partial charge in [-0.3, -0.25) is 9.58 Å². The first-order valence-electron chi connectivity index (χ1n) is 6.39. The van der Waals surface area contributed by atoms with Gasteiger partial charge in [0.2, 0.25) is 0 Å². The van der Waals surface area contributed by atoms with E-state index in [1.54, 1.807) is 9.58 Å². The van der Waals surface area contributed by atoms with Gasteiger partial charge in [0.15, 0.2) is 0 Å². The summed E-state index contributed by atoms with van der Waals surface area (Å²) in [5.74, 6) is 0. The number of hydrogen-bond donors (Lipinski definition) is 0. The zero-order valence-electron chi connectivity index (χ0n) is 12.0. The summed E-state index contributed by atoms with van der Waals surface area (Å²) in [7, 11) is 1.89. The molecule has 0 N–H and O–H groups in total. The molecule has 0 aliphatic carbocycles. The van der Waals surface area contributed by atoms with E-state index in [-0.39, 0.29) is 12.1 Å². The lowest BCUT2D eigenvalue weighted by molar-refractivity contribution is 0.0135. The molecule has 19 heavy (non-hydrogen) atoms. The van der Waals surface area contributed by atoms with Crippen molar-refractivity contribution in [3.63, 3.8) is 0 Å². The Morgan fingerprint density at radius 3 is 2.68 bits per heavy atom. The Bertz CT molecular complexity index is 505. The average molecular weight is 330 g/mol. The van der Waals surface area contributed by atoms with E-state index in [2.05, 4.69) is 21.0 Å². The summed E-state index contributed by atoms with van der Waals surface area (Å²) in [6.45, 7) is 8.17. The fourth-order valence-electron chi connectivity index (χ4n) is 2.22. The topological polar surface area (TPSA) is 47.4 Å². The fraction of sp³-hybridized carbons (Fsp3) is 0.692. The normalized spacial score (nSPS) is 19.3. The van der Waals surface area contributed by atoms with Crippen LogP contribution in [0.15, 0.2) is 4.60 Å². The first kappa shape index (κ1) is 14.4. The average Bonchev–Trinajstić information content (AvgIpc) is 2.52. The highest BCUT2D eigenvalue weighted by Gasteiger charge is 2.33. The van der Waals surface area contributed by atoms with Crippen LogP contribution in [0.3, 0.4) is 0 Å². The molecule has 1 aromatic rings. The van der Waals surface area contributed by atoms with Crippen molar-refractivity contribution in [2.24, 2.45) is 7.05 Å². The number of fused-ring (bicyclic) bond motifs is 1. The first-order chi connectivity index (χ1) is 8.69. The third kappa shape index (κ3) is 2.94. The van der Waals surface area contributed by atoms with Gasteiger partial charge in [-0.1, -0.05) is 0 Å². The molecule has 6 heteroatoms. The fourth-order valence-corrected chi connectivity index (χ4v) is 2.69. The molecule has 1 aliphatic rings. The number of aromatic nitrogens is 2. The number of nitrogens with zero attached hydrogens (tertiary/aromatic N) is 3. The molecular formula is C13H20BrN3O2. The standard InChI is InChI=1S/C13H20BrN3O2/c1-8-6-9-10(15-16(5)11(9)14)7-17(8)12(18)19-13(2,3)4/h8H,6-7H2,1-5H3. The summed E-state index contributed by atoms with van der Waals surface area (Å²) in [5.41, 5.74) is 1.66. The lowest BCUT2D eigenvalue weighted by atomic mass is 10.0. The highest BCUT2D eigenvalue weighted by atomic mass is 79.9. The monoisotopic (exact) mass is 329 g/mol. The van der Waals surface area contributed by atoms with E-state index in [0.29, 0.717) is 6.54 Å². The van der Waals surface area contributed by atoms with Gasteiger partial charge in [-0.2, -0.15) is 5.10 Å². The SMILES string of the molecule is CC1Cc2c(nn(C)c2Br)CN1C(=O)OC(C)(C)C. The number of carbonyl (C=O) groups is 1. The number of halogens is 1. The van der Waals surface area contributed by atoms with Crippen molar-refractivity contribution in [3.8, 4) is 0 Å². The number of aryl methyl sites for hydroxylation is 1. The van der Waals surface area contributed by atoms with Gasteiger partial charge in [-0.25, -0.2) is 4.79 Å². The van der Waals surface area contributed by atoms with Crippen LogP contribution in [0.5, 0.6) is 0 Å². The lowest BCUT2D eigenvalue weighted by Gasteiger charge is -2.34. The molecule has 1 atom stereocenters. The molecule has 0 radical (unpaired) electrons. The van der Waals surface area contributed by atoms with E-state index in [1.165, 1.54) is 5.56 Å². The second-order valence-electron chi connectivity index (χ2n) is 6.00. The highest BCUT2D eigenvalue weighted by molar-refractivity contribution is 9.10. The predicted molar refractivity (Wildman–Crippen MR) is 75.9 cm³/mol. The van der Waals surface area contributed by atoms with Crippen LogP contribution in [0.2, 0.25) is 0 Å². The van der Waals surface area contributed by atoms with Crippen LogP contribution < -0.4 is 0 Å². The first-order valence-corrected chi connectivity index (χ1v) is 7.18. The molecule has 0 bridgehead atoms. The van der Waals surface area contributed by atoms with Gasteiger partial charge < -0.3 is 4.74 Å². The number of rotatable bonds is 0. The van der Waals surface area contributed by atoms with Gasteiger partial charge in [-0.05, 0) is 50.0 Å². The molecule has 1 unspecified atom stereocenters. The van der Waals surface area contributed by atoms with E-state index < -0.39 is 5.60 Å². The molecule has 0 saturated heterocycles. The summed E-state index contributed by atoms with van der Waals surface area (Å²) < 4.78 is 8.24. The third-order valence-corrected chi connectivity index (χ3v) is 4.12. The van der Waals surface area contributed by atoms with Crippen molar-refractivity contribution in [2.45, 2.75) is 52.3 Å². The smallest absolute Gasteiger partial charge is 0.410 e. The molecule has 1 aliphatic heterocycles. The second-order valence-corrected chi connectivity index (χ2v) is 6.75. The molecule has 5 nitrogen and oxygen atoms in total. The van der Waals surface area contributed by atoms with Gasteiger partial charge in [0.05, 0.1) is 12.2 Å². The maximum Gasteiger partial charge on any atom is 0.410 e. The Morgan fingerprint density at radius 2 is 2.11 bits per heavy atom. The van der Waals surface area contributed by atoms with Crippen molar-refractivity contribution < 1.29 is 9.53 Å². The summed E-state index contributed by atoms with van der Waals surface area (Å²) >= 11 is 3.53. The third-order valence-electron chi connectivity index (χ3n) is 3.13. The zero-order chi connectivity index (χ0) is 14.4. The summed E-state index contributed by atoms with van der Waals surface area (Å²) in [4.78, 5) is 13.9. The zero-order valence-corrected chi connectivity index (χ0v) is 13.6.